The summed E-state index contributed by atoms with van der Waals surface area (Å²) in [5, 5.41) is 20.4. The number of aliphatic carboxylic acids is 1. The van der Waals surface area contributed by atoms with Crippen LogP contribution in [0, 0.1) is 0 Å². The number of aliphatic hydroxyl groups is 1. The van der Waals surface area contributed by atoms with Gasteiger partial charge in [-0.1, -0.05) is 30.3 Å². The fraction of sp³-hybridized carbons (Fsp3) is 0.429. The maximum absolute atomic E-state index is 11.4. The molecule has 0 aliphatic rings. The summed E-state index contributed by atoms with van der Waals surface area (Å²) < 4.78 is 5.18. The molecule has 1 aromatic rings. The average Bonchev–Trinajstić information content (AvgIpc) is 2.42. The number of amides is 1. The van der Waals surface area contributed by atoms with E-state index in [1.54, 1.807) is 0 Å². The molecule has 0 saturated carbocycles. The molecule has 20 heavy (non-hydrogen) atoms. The number of carbonyl (C=O) groups is 2. The first-order valence-corrected chi connectivity index (χ1v) is 6.26. The first-order chi connectivity index (χ1) is 9.42. The molecule has 0 aliphatic carbocycles. The predicted octanol–water partition coefficient (Wildman–Crippen LogP) is 0.197. The van der Waals surface area contributed by atoms with Gasteiger partial charge in [-0.2, -0.15) is 0 Å². The van der Waals surface area contributed by atoms with E-state index in [4.69, 9.17) is 9.84 Å². The van der Waals surface area contributed by atoms with Crippen LogP contribution in [0.2, 0.25) is 0 Å². The molecule has 0 bridgehead atoms. The molecular weight excluding hydrogens is 262 g/mol. The maximum Gasteiger partial charge on any atom is 0.337 e. The van der Waals surface area contributed by atoms with E-state index in [0.29, 0.717) is 13.0 Å². The maximum atomic E-state index is 11.4. The Morgan fingerprint density at radius 3 is 2.55 bits per heavy atom. The molecule has 0 saturated heterocycles. The van der Waals surface area contributed by atoms with E-state index in [2.05, 4.69) is 5.32 Å². The largest absolute Gasteiger partial charge is 0.479 e. The second-order valence-electron chi connectivity index (χ2n) is 4.64. The Hall–Kier alpha value is -1.92. The van der Waals surface area contributed by atoms with Gasteiger partial charge in [0.1, 0.15) is 6.61 Å². The van der Waals surface area contributed by atoms with Crippen molar-refractivity contribution >= 4 is 11.9 Å². The third kappa shape index (κ3) is 5.81. The number of hydrogen-bond acceptors (Lipinski definition) is 4. The van der Waals surface area contributed by atoms with E-state index in [0.717, 1.165) is 12.5 Å². The Morgan fingerprint density at radius 1 is 1.30 bits per heavy atom. The first-order valence-electron chi connectivity index (χ1n) is 6.26. The predicted molar refractivity (Wildman–Crippen MR) is 72.2 cm³/mol. The first kappa shape index (κ1) is 16.1. The highest BCUT2D eigenvalue weighted by molar-refractivity contribution is 5.80. The second kappa shape index (κ2) is 7.62. The normalized spacial score (nSPS) is 13.5. The molecule has 1 unspecified atom stereocenters. The zero-order chi connectivity index (χ0) is 15.0. The fourth-order valence-electron chi connectivity index (χ4n) is 1.40. The van der Waals surface area contributed by atoms with Crippen molar-refractivity contribution in [3.05, 3.63) is 35.9 Å². The number of hydrogen-bond donors (Lipinski definition) is 3. The van der Waals surface area contributed by atoms with Gasteiger partial charge >= 0.3 is 5.97 Å². The highest BCUT2D eigenvalue weighted by Gasteiger charge is 2.30. The summed E-state index contributed by atoms with van der Waals surface area (Å²) in [5.41, 5.74) is -0.860. The molecule has 3 N–H and O–H groups in total. The van der Waals surface area contributed by atoms with Crippen LogP contribution in [0.5, 0.6) is 0 Å². The van der Waals surface area contributed by atoms with E-state index in [1.165, 1.54) is 0 Å². The van der Waals surface area contributed by atoms with E-state index in [9.17, 15) is 14.7 Å². The summed E-state index contributed by atoms with van der Waals surface area (Å²) in [4.78, 5) is 22.0. The number of carboxylic acids is 1. The molecule has 0 spiro atoms. The van der Waals surface area contributed by atoms with Gasteiger partial charge in [0.15, 0.2) is 5.60 Å². The van der Waals surface area contributed by atoms with Crippen LogP contribution >= 0.6 is 0 Å². The van der Waals surface area contributed by atoms with Crippen molar-refractivity contribution in [2.75, 3.05) is 19.8 Å². The highest BCUT2D eigenvalue weighted by Crippen LogP contribution is 2.01. The zero-order valence-electron chi connectivity index (χ0n) is 11.3. The van der Waals surface area contributed by atoms with Crippen LogP contribution in [0.1, 0.15) is 12.5 Å². The third-order valence-electron chi connectivity index (χ3n) is 2.70. The van der Waals surface area contributed by atoms with Gasteiger partial charge in [0, 0.05) is 0 Å². The summed E-state index contributed by atoms with van der Waals surface area (Å²) in [6.45, 7) is 0.990. The monoisotopic (exact) mass is 281 g/mol. The minimum atomic E-state index is -1.97. The molecule has 0 radical (unpaired) electrons. The lowest BCUT2D eigenvalue weighted by atomic mass is 10.1. The van der Waals surface area contributed by atoms with E-state index >= 15 is 0 Å². The Kier molecular flexibility index (Phi) is 6.14. The van der Waals surface area contributed by atoms with Crippen molar-refractivity contribution in [1.29, 1.82) is 0 Å². The molecule has 1 atom stereocenters. The molecule has 0 aromatic heterocycles. The van der Waals surface area contributed by atoms with Gasteiger partial charge in [-0.3, -0.25) is 4.79 Å². The lowest BCUT2D eigenvalue weighted by molar-refractivity contribution is -0.156. The molecule has 1 rings (SSSR count). The molecule has 1 amide bonds. The van der Waals surface area contributed by atoms with Gasteiger partial charge in [-0.25, -0.2) is 4.79 Å². The minimum absolute atomic E-state index is 0.164. The standard InChI is InChI=1S/C14H19NO5/c1-14(19,13(17)18)10-15-12(16)9-20-8-7-11-5-3-2-4-6-11/h2-6,19H,7-10H2,1H3,(H,15,16)(H,17,18). The topological polar surface area (TPSA) is 95.9 Å². The van der Waals surface area contributed by atoms with Crippen LogP contribution in [0.25, 0.3) is 0 Å². The van der Waals surface area contributed by atoms with Gasteiger partial charge in [0.2, 0.25) is 5.91 Å². The van der Waals surface area contributed by atoms with Crippen LogP contribution < -0.4 is 5.32 Å². The Balaban J connectivity index is 2.16. The third-order valence-corrected chi connectivity index (χ3v) is 2.70. The van der Waals surface area contributed by atoms with Crippen molar-refractivity contribution in [1.82, 2.24) is 5.32 Å². The molecule has 0 fully saturated rings. The molecule has 6 nitrogen and oxygen atoms in total. The van der Waals surface area contributed by atoms with Crippen molar-refractivity contribution in [3.8, 4) is 0 Å². The summed E-state index contributed by atoms with van der Waals surface area (Å²) >= 11 is 0. The van der Waals surface area contributed by atoms with Crippen LogP contribution in [-0.4, -0.2) is 47.4 Å². The number of carbonyl (C=O) groups excluding carboxylic acids is 1. The SMILES string of the molecule is CC(O)(CNC(=O)COCCc1ccccc1)C(=O)O. The fourth-order valence-corrected chi connectivity index (χ4v) is 1.40. The molecule has 0 heterocycles. The highest BCUT2D eigenvalue weighted by atomic mass is 16.5. The summed E-state index contributed by atoms with van der Waals surface area (Å²) in [7, 11) is 0. The molecule has 6 heteroatoms. The molecule has 1 aromatic carbocycles. The van der Waals surface area contributed by atoms with Crippen LogP contribution in [0.15, 0.2) is 30.3 Å². The number of nitrogens with one attached hydrogen (secondary N) is 1. The van der Waals surface area contributed by atoms with Crippen molar-refractivity contribution < 1.29 is 24.5 Å². The van der Waals surface area contributed by atoms with E-state index in [1.807, 2.05) is 30.3 Å². The Labute approximate surface area is 117 Å². The quantitative estimate of drug-likeness (QED) is 0.591. The van der Waals surface area contributed by atoms with Crippen LogP contribution in [-0.2, 0) is 20.7 Å². The summed E-state index contributed by atoms with van der Waals surface area (Å²) in [6.07, 6.45) is 0.695. The molecule has 110 valence electrons. The number of carboxylic acid groups (broad SMARTS) is 1. The van der Waals surface area contributed by atoms with Gasteiger partial charge in [-0.05, 0) is 18.9 Å². The summed E-state index contributed by atoms with van der Waals surface area (Å²) in [6, 6.07) is 9.71. The second-order valence-corrected chi connectivity index (χ2v) is 4.64. The lowest BCUT2D eigenvalue weighted by Gasteiger charge is -2.18. The smallest absolute Gasteiger partial charge is 0.337 e. The molecule has 0 aliphatic heterocycles. The molecular formula is C14H19NO5. The number of benzene rings is 1. The van der Waals surface area contributed by atoms with Gasteiger partial charge in [0.25, 0.3) is 0 Å². The minimum Gasteiger partial charge on any atom is -0.479 e. The number of ether oxygens (including phenoxy) is 1. The van der Waals surface area contributed by atoms with Crippen molar-refractivity contribution in [2.24, 2.45) is 0 Å². The van der Waals surface area contributed by atoms with E-state index in [-0.39, 0.29) is 13.2 Å². The Morgan fingerprint density at radius 2 is 1.95 bits per heavy atom. The summed E-state index contributed by atoms with van der Waals surface area (Å²) in [5.74, 6) is -1.85. The van der Waals surface area contributed by atoms with Crippen molar-refractivity contribution in [3.63, 3.8) is 0 Å². The van der Waals surface area contributed by atoms with Crippen LogP contribution in [0.3, 0.4) is 0 Å². The van der Waals surface area contributed by atoms with Crippen LogP contribution in [0.4, 0.5) is 0 Å². The van der Waals surface area contributed by atoms with E-state index < -0.39 is 17.5 Å². The van der Waals surface area contributed by atoms with Crippen molar-refractivity contribution in [2.45, 2.75) is 18.9 Å². The van der Waals surface area contributed by atoms with Gasteiger partial charge in [-0.15, -0.1) is 0 Å². The lowest BCUT2D eigenvalue weighted by Crippen LogP contribution is -2.47. The average molecular weight is 281 g/mol. The van der Waals surface area contributed by atoms with Gasteiger partial charge in [0.05, 0.1) is 13.2 Å². The number of rotatable bonds is 8. The van der Waals surface area contributed by atoms with Gasteiger partial charge < -0.3 is 20.3 Å². The Bertz CT molecular complexity index is 444. The zero-order valence-corrected chi connectivity index (χ0v) is 11.3.